The van der Waals surface area contributed by atoms with E-state index in [0.717, 1.165) is 23.8 Å². The number of nitro benzene ring substituents is 2. The fourth-order valence-electron chi connectivity index (χ4n) is 2.86. The van der Waals surface area contributed by atoms with Gasteiger partial charge in [0.1, 0.15) is 17.4 Å². The van der Waals surface area contributed by atoms with E-state index in [1.165, 1.54) is 18.2 Å². The molecule has 0 unspecified atom stereocenters. The fraction of sp³-hybridized carbons (Fsp3) is 0.0435. The van der Waals surface area contributed by atoms with E-state index >= 15 is 0 Å². The third-order valence-electron chi connectivity index (χ3n) is 4.51. The highest BCUT2D eigenvalue weighted by molar-refractivity contribution is 6.09. The molecule has 0 aliphatic rings. The van der Waals surface area contributed by atoms with Gasteiger partial charge in [-0.3, -0.25) is 25.0 Å². The molecular formula is C23H16N4O6. The second kappa shape index (κ2) is 9.84. The first-order chi connectivity index (χ1) is 15.8. The van der Waals surface area contributed by atoms with E-state index in [-0.39, 0.29) is 17.1 Å². The maximum Gasteiger partial charge on any atom is 0.318 e. The molecule has 0 saturated heterocycles. The van der Waals surface area contributed by atoms with E-state index in [1.807, 2.05) is 25.1 Å². The lowest BCUT2D eigenvalue weighted by atomic mass is 10.1. The smallest absolute Gasteiger partial charge is 0.318 e. The molecule has 3 aromatic rings. The summed E-state index contributed by atoms with van der Waals surface area (Å²) in [4.78, 5) is 33.2. The summed E-state index contributed by atoms with van der Waals surface area (Å²) in [5.74, 6) is -0.606. The van der Waals surface area contributed by atoms with Crippen LogP contribution in [0.5, 0.6) is 11.5 Å². The van der Waals surface area contributed by atoms with Crippen molar-refractivity contribution in [3.05, 3.63) is 104 Å². The van der Waals surface area contributed by atoms with Crippen LogP contribution in [-0.4, -0.2) is 15.8 Å². The van der Waals surface area contributed by atoms with Crippen molar-refractivity contribution in [1.29, 1.82) is 5.26 Å². The van der Waals surface area contributed by atoms with Crippen LogP contribution in [0.3, 0.4) is 0 Å². The lowest BCUT2D eigenvalue weighted by Gasteiger charge is -2.08. The predicted octanol–water partition coefficient (Wildman–Crippen LogP) is 5.15. The van der Waals surface area contributed by atoms with Crippen LogP contribution in [0, 0.1) is 38.5 Å². The van der Waals surface area contributed by atoms with Gasteiger partial charge in [-0.1, -0.05) is 30.3 Å². The van der Waals surface area contributed by atoms with Gasteiger partial charge in [-0.2, -0.15) is 5.26 Å². The summed E-state index contributed by atoms with van der Waals surface area (Å²) in [6.07, 6.45) is 1.35. The van der Waals surface area contributed by atoms with Crippen molar-refractivity contribution in [1.82, 2.24) is 0 Å². The highest BCUT2D eigenvalue weighted by atomic mass is 16.6. The molecule has 0 radical (unpaired) electrons. The Kier molecular flexibility index (Phi) is 6.75. The molecule has 0 spiro atoms. The number of non-ortho nitro benzene ring substituents is 1. The highest BCUT2D eigenvalue weighted by Crippen LogP contribution is 2.34. The Bertz CT molecular complexity index is 1330. The lowest BCUT2D eigenvalue weighted by Crippen LogP contribution is -2.14. The maximum atomic E-state index is 12.5. The van der Waals surface area contributed by atoms with Crippen molar-refractivity contribution in [2.75, 3.05) is 5.32 Å². The van der Waals surface area contributed by atoms with Gasteiger partial charge in [0.25, 0.3) is 11.6 Å². The summed E-state index contributed by atoms with van der Waals surface area (Å²) in [6.45, 7) is 1.82. The van der Waals surface area contributed by atoms with Crippen LogP contribution in [0.4, 0.5) is 17.1 Å². The van der Waals surface area contributed by atoms with E-state index in [4.69, 9.17) is 4.74 Å². The Morgan fingerprint density at radius 3 is 2.45 bits per heavy atom. The lowest BCUT2D eigenvalue weighted by molar-refractivity contribution is -0.394. The largest absolute Gasteiger partial charge is 0.450 e. The highest BCUT2D eigenvalue weighted by Gasteiger charge is 2.21. The summed E-state index contributed by atoms with van der Waals surface area (Å²) < 4.78 is 5.56. The molecule has 0 heterocycles. The molecule has 3 rings (SSSR count). The van der Waals surface area contributed by atoms with Crippen molar-refractivity contribution in [2.24, 2.45) is 0 Å². The Morgan fingerprint density at radius 2 is 1.79 bits per heavy atom. The number of nitriles is 1. The zero-order valence-electron chi connectivity index (χ0n) is 17.2. The van der Waals surface area contributed by atoms with Gasteiger partial charge in [-0.15, -0.1) is 0 Å². The zero-order chi connectivity index (χ0) is 24.0. The molecular weight excluding hydrogens is 428 g/mol. The monoisotopic (exact) mass is 444 g/mol. The topological polar surface area (TPSA) is 148 Å². The minimum absolute atomic E-state index is 0.156. The van der Waals surface area contributed by atoms with E-state index in [1.54, 1.807) is 24.3 Å². The normalized spacial score (nSPS) is 10.7. The number of benzene rings is 3. The number of aryl methyl sites for hydroxylation is 1. The molecule has 0 aromatic heterocycles. The fourth-order valence-corrected chi connectivity index (χ4v) is 2.86. The van der Waals surface area contributed by atoms with Crippen molar-refractivity contribution in [3.63, 3.8) is 0 Å². The number of anilines is 1. The van der Waals surface area contributed by atoms with E-state index in [2.05, 4.69) is 5.32 Å². The van der Waals surface area contributed by atoms with Crippen LogP contribution in [0.25, 0.3) is 6.08 Å². The molecule has 3 aromatic carbocycles. The average Bonchev–Trinajstić information content (AvgIpc) is 2.79. The molecule has 0 aliphatic heterocycles. The number of hydrogen-bond acceptors (Lipinski definition) is 7. The number of para-hydroxylation sites is 1. The molecule has 0 fully saturated rings. The van der Waals surface area contributed by atoms with Gasteiger partial charge >= 0.3 is 5.69 Å². The molecule has 33 heavy (non-hydrogen) atoms. The number of nitrogens with one attached hydrogen (secondary N) is 1. The number of amides is 1. The Morgan fingerprint density at radius 1 is 1.03 bits per heavy atom. The molecule has 10 heteroatoms. The number of nitrogens with zero attached hydrogens (tertiary/aromatic N) is 3. The van der Waals surface area contributed by atoms with Gasteiger partial charge in [-0.25, -0.2) is 0 Å². The van der Waals surface area contributed by atoms with Gasteiger partial charge < -0.3 is 10.1 Å². The van der Waals surface area contributed by atoms with Gasteiger partial charge in [0, 0.05) is 11.8 Å². The first-order valence-corrected chi connectivity index (χ1v) is 9.48. The van der Waals surface area contributed by atoms with Crippen LogP contribution in [0.1, 0.15) is 11.1 Å². The SMILES string of the molecule is Cc1ccccc1NC(=O)/C(C#N)=C\c1cccc(Oc2ccc([N+](=O)[O-])cc2[N+](=O)[O-])c1. The second-order valence-corrected chi connectivity index (χ2v) is 6.78. The number of nitro groups is 2. The van der Waals surface area contributed by atoms with Crippen LogP contribution < -0.4 is 10.1 Å². The molecule has 0 aliphatic carbocycles. The van der Waals surface area contributed by atoms with E-state index in [0.29, 0.717) is 11.3 Å². The van der Waals surface area contributed by atoms with Gasteiger partial charge in [0.05, 0.1) is 15.9 Å². The van der Waals surface area contributed by atoms with Crippen LogP contribution in [0.15, 0.2) is 72.3 Å². The standard InChI is InChI=1S/C23H16N4O6/c1-15-5-2-3-8-20(15)25-23(28)17(14-24)11-16-6-4-7-19(12-16)33-22-10-9-18(26(29)30)13-21(22)27(31)32/h2-13H,1H3,(H,25,28)/b17-11-. The molecule has 1 N–H and O–H groups in total. The van der Waals surface area contributed by atoms with E-state index < -0.39 is 27.1 Å². The first kappa shape index (κ1) is 22.6. The predicted molar refractivity (Wildman–Crippen MR) is 120 cm³/mol. The van der Waals surface area contributed by atoms with Crippen LogP contribution in [0.2, 0.25) is 0 Å². The number of ether oxygens (including phenoxy) is 1. The van der Waals surface area contributed by atoms with Gasteiger partial charge in [0.15, 0.2) is 0 Å². The third kappa shape index (κ3) is 5.56. The molecule has 0 saturated carbocycles. The molecule has 164 valence electrons. The quantitative estimate of drug-likeness (QED) is 0.229. The first-order valence-electron chi connectivity index (χ1n) is 9.48. The van der Waals surface area contributed by atoms with Crippen LogP contribution in [-0.2, 0) is 4.79 Å². The van der Waals surface area contributed by atoms with Gasteiger partial charge in [0.2, 0.25) is 5.75 Å². The number of carbonyl (C=O) groups excluding carboxylic acids is 1. The van der Waals surface area contributed by atoms with Crippen molar-refractivity contribution in [2.45, 2.75) is 6.92 Å². The summed E-state index contributed by atoms with van der Waals surface area (Å²) in [5.41, 5.74) is 0.684. The minimum Gasteiger partial charge on any atom is -0.450 e. The third-order valence-corrected chi connectivity index (χ3v) is 4.51. The number of carbonyl (C=O) groups is 1. The molecule has 1 amide bonds. The number of rotatable bonds is 7. The summed E-state index contributed by atoms with van der Waals surface area (Å²) in [6, 6.07) is 18.2. The summed E-state index contributed by atoms with van der Waals surface area (Å²) in [5, 5.41) is 34.3. The van der Waals surface area contributed by atoms with Crippen molar-refractivity contribution in [3.8, 4) is 17.6 Å². The average molecular weight is 444 g/mol. The van der Waals surface area contributed by atoms with Gasteiger partial charge in [-0.05, 0) is 48.4 Å². The summed E-state index contributed by atoms with van der Waals surface area (Å²) >= 11 is 0. The zero-order valence-corrected chi connectivity index (χ0v) is 17.2. The molecule has 0 bridgehead atoms. The Hall–Kier alpha value is -5.04. The molecule has 10 nitrogen and oxygen atoms in total. The van der Waals surface area contributed by atoms with Crippen molar-refractivity contribution >= 4 is 29.0 Å². The molecule has 0 atom stereocenters. The van der Waals surface area contributed by atoms with Crippen LogP contribution >= 0.6 is 0 Å². The number of hydrogen-bond donors (Lipinski definition) is 1. The summed E-state index contributed by atoms with van der Waals surface area (Å²) in [7, 11) is 0. The Labute approximate surface area is 187 Å². The second-order valence-electron chi connectivity index (χ2n) is 6.78. The maximum absolute atomic E-state index is 12.5. The Balaban J connectivity index is 1.86. The van der Waals surface area contributed by atoms with E-state index in [9.17, 15) is 30.3 Å². The minimum atomic E-state index is -0.782. The van der Waals surface area contributed by atoms with Crippen molar-refractivity contribution < 1.29 is 19.4 Å².